The molecule has 4 aromatic heterocycles. The van der Waals surface area contributed by atoms with Crippen molar-refractivity contribution in [3.05, 3.63) is 164 Å². The van der Waals surface area contributed by atoms with Crippen LogP contribution in [0.1, 0.15) is 0 Å². The van der Waals surface area contributed by atoms with Gasteiger partial charge in [-0.05, 0) is 54.1 Å². The summed E-state index contributed by atoms with van der Waals surface area (Å²) in [7, 11) is 0. The molecule has 4 heterocycles. The van der Waals surface area contributed by atoms with Crippen LogP contribution in [0.4, 0.5) is 0 Å². The number of hydrogen-bond acceptors (Lipinski definition) is 5. The topological polar surface area (TPSA) is 51.8 Å². The zero-order valence-electron chi connectivity index (χ0n) is 26.7. The Balaban J connectivity index is 1.23. The van der Waals surface area contributed by atoms with Crippen molar-refractivity contribution in [1.82, 2.24) is 15.0 Å². The Bertz CT molecular complexity index is 2870. The summed E-state index contributed by atoms with van der Waals surface area (Å²) in [6.45, 7) is 0. The van der Waals surface area contributed by atoms with Crippen molar-refractivity contribution in [2.75, 3.05) is 0 Å². The highest BCUT2D eigenvalue weighted by molar-refractivity contribution is 7.25. The first-order valence-corrected chi connectivity index (χ1v) is 17.4. The van der Waals surface area contributed by atoms with Crippen molar-refractivity contribution in [2.24, 2.45) is 0 Å². The summed E-state index contributed by atoms with van der Waals surface area (Å²) in [6.07, 6.45) is 1.83. The monoisotopic (exact) mass is 657 g/mol. The number of thiophene rings is 1. The van der Waals surface area contributed by atoms with Gasteiger partial charge in [0.25, 0.3) is 0 Å². The smallest absolute Gasteiger partial charge is 0.160 e. The minimum absolute atomic E-state index is 0.661. The lowest BCUT2D eigenvalue weighted by Gasteiger charge is -2.13. The van der Waals surface area contributed by atoms with Crippen LogP contribution in [0.3, 0.4) is 0 Å². The fourth-order valence-electron chi connectivity index (χ4n) is 7.05. The van der Waals surface area contributed by atoms with Crippen molar-refractivity contribution in [2.45, 2.75) is 0 Å². The second kappa shape index (κ2) is 11.6. The minimum Gasteiger partial charge on any atom is -0.455 e. The molecule has 0 aliphatic carbocycles. The first-order chi connectivity index (χ1) is 24.8. The van der Waals surface area contributed by atoms with Crippen LogP contribution >= 0.6 is 11.3 Å². The summed E-state index contributed by atoms with van der Waals surface area (Å²) in [5.74, 6) is 0.661. The molecule has 0 N–H and O–H groups in total. The summed E-state index contributed by atoms with van der Waals surface area (Å²) in [5.41, 5.74) is 10.4. The van der Waals surface area contributed by atoms with Gasteiger partial charge in [0.1, 0.15) is 11.2 Å². The van der Waals surface area contributed by atoms with E-state index in [0.29, 0.717) is 5.82 Å². The van der Waals surface area contributed by atoms with Crippen LogP contribution in [0.15, 0.2) is 168 Å². The van der Waals surface area contributed by atoms with E-state index in [1.54, 1.807) is 0 Å². The zero-order chi connectivity index (χ0) is 33.0. The van der Waals surface area contributed by atoms with Gasteiger partial charge in [0, 0.05) is 65.0 Å². The van der Waals surface area contributed by atoms with Crippen LogP contribution < -0.4 is 0 Å². The number of para-hydroxylation sites is 1. The molecular weight excluding hydrogens is 631 g/mol. The Morgan fingerprint density at radius 2 is 1.12 bits per heavy atom. The molecule has 50 heavy (non-hydrogen) atoms. The molecule has 0 unspecified atom stereocenters. The van der Waals surface area contributed by atoms with Crippen LogP contribution in [0, 0.1) is 0 Å². The van der Waals surface area contributed by atoms with E-state index >= 15 is 0 Å². The second-order valence-electron chi connectivity index (χ2n) is 12.4. The Morgan fingerprint density at radius 3 is 1.96 bits per heavy atom. The van der Waals surface area contributed by atoms with Gasteiger partial charge in [0.2, 0.25) is 0 Å². The molecule has 10 rings (SSSR count). The molecule has 0 fully saturated rings. The summed E-state index contributed by atoms with van der Waals surface area (Å²) in [5, 5.41) is 4.63. The van der Waals surface area contributed by atoms with Crippen molar-refractivity contribution >= 4 is 53.4 Å². The first kappa shape index (κ1) is 28.6. The van der Waals surface area contributed by atoms with Crippen molar-refractivity contribution in [1.29, 1.82) is 0 Å². The van der Waals surface area contributed by atoms with Gasteiger partial charge in [-0.3, -0.25) is 4.98 Å². The lowest BCUT2D eigenvalue weighted by Crippen LogP contribution is -1.97. The maximum absolute atomic E-state index is 6.74. The lowest BCUT2D eigenvalue weighted by atomic mass is 9.95. The van der Waals surface area contributed by atoms with E-state index in [2.05, 4.69) is 108 Å². The number of rotatable bonds is 5. The van der Waals surface area contributed by atoms with Gasteiger partial charge >= 0.3 is 0 Å². The number of furan rings is 1. The molecular formula is C45H27N3OS. The minimum atomic E-state index is 0.661. The molecule has 0 saturated heterocycles. The van der Waals surface area contributed by atoms with Gasteiger partial charge in [-0.1, -0.05) is 109 Å². The SMILES string of the molecule is c1ccc(-c2nc(-c3ccccc3-c3ccccn3)cc(-c3ccc(-c4ccc5sc6ccccc6c5c4)c4oc5ccccc5c34)n2)cc1. The van der Waals surface area contributed by atoms with Crippen LogP contribution in [0.2, 0.25) is 0 Å². The van der Waals surface area contributed by atoms with Gasteiger partial charge in [-0.2, -0.15) is 0 Å². The molecule has 0 atom stereocenters. The largest absolute Gasteiger partial charge is 0.455 e. The van der Waals surface area contributed by atoms with Crippen LogP contribution in [0.25, 0.3) is 98.4 Å². The predicted octanol–water partition coefficient (Wildman–Crippen LogP) is 12.5. The Kier molecular flexibility index (Phi) is 6.64. The summed E-state index contributed by atoms with van der Waals surface area (Å²) in [6, 6.07) is 54.6. The molecule has 6 aromatic carbocycles. The summed E-state index contributed by atoms with van der Waals surface area (Å²) in [4.78, 5) is 15.1. The van der Waals surface area contributed by atoms with Gasteiger partial charge in [0.05, 0.1) is 17.1 Å². The van der Waals surface area contributed by atoms with Crippen LogP contribution in [0.5, 0.6) is 0 Å². The lowest BCUT2D eigenvalue weighted by molar-refractivity contribution is 0.670. The molecule has 0 aliphatic heterocycles. The third-order valence-corrected chi connectivity index (χ3v) is 10.5. The number of fused-ring (bicyclic) bond motifs is 6. The van der Waals surface area contributed by atoms with E-state index in [1.807, 2.05) is 72.1 Å². The van der Waals surface area contributed by atoms with Crippen LogP contribution in [-0.4, -0.2) is 15.0 Å². The van der Waals surface area contributed by atoms with Crippen LogP contribution in [-0.2, 0) is 0 Å². The average Bonchev–Trinajstić information content (AvgIpc) is 3.77. The zero-order valence-corrected chi connectivity index (χ0v) is 27.6. The fraction of sp³-hybridized carbons (Fsp3) is 0. The van der Waals surface area contributed by atoms with E-state index in [-0.39, 0.29) is 0 Å². The normalized spacial score (nSPS) is 11.6. The molecule has 0 amide bonds. The molecule has 0 radical (unpaired) electrons. The Labute approximate surface area is 292 Å². The van der Waals surface area contributed by atoms with Crippen molar-refractivity contribution in [3.8, 4) is 56.3 Å². The van der Waals surface area contributed by atoms with Crippen molar-refractivity contribution < 1.29 is 4.42 Å². The molecule has 0 bridgehead atoms. The second-order valence-corrected chi connectivity index (χ2v) is 13.4. The highest BCUT2D eigenvalue weighted by atomic mass is 32.1. The maximum atomic E-state index is 6.74. The summed E-state index contributed by atoms with van der Waals surface area (Å²) < 4.78 is 9.31. The number of aromatic nitrogens is 3. The maximum Gasteiger partial charge on any atom is 0.160 e. The standard InChI is InChI=1S/C45H27N3OS/c1-2-12-28(13-3-1)45-47-38(32-15-5-4-14-31(32)37-18-10-11-25-46-37)27-39(48-45)34-23-22-30(44-43(34)35-17-6-8-19-40(35)49-44)29-21-24-42-36(26-29)33-16-7-9-20-41(33)50-42/h1-27H. The number of nitrogens with zero attached hydrogens (tertiary/aromatic N) is 3. The van der Waals surface area contributed by atoms with Crippen molar-refractivity contribution in [3.63, 3.8) is 0 Å². The molecule has 0 spiro atoms. The van der Waals surface area contributed by atoms with E-state index in [1.165, 1.54) is 20.2 Å². The third-order valence-electron chi connectivity index (χ3n) is 9.39. The molecule has 0 aliphatic rings. The summed E-state index contributed by atoms with van der Waals surface area (Å²) >= 11 is 1.83. The van der Waals surface area contributed by atoms with E-state index in [9.17, 15) is 0 Å². The van der Waals surface area contributed by atoms with E-state index in [4.69, 9.17) is 14.4 Å². The highest BCUT2D eigenvalue weighted by Gasteiger charge is 2.21. The third kappa shape index (κ3) is 4.71. The molecule has 4 nitrogen and oxygen atoms in total. The molecule has 5 heteroatoms. The molecule has 234 valence electrons. The average molecular weight is 658 g/mol. The number of benzene rings is 6. The van der Waals surface area contributed by atoms with Gasteiger partial charge in [-0.15, -0.1) is 11.3 Å². The molecule has 10 aromatic rings. The quantitative estimate of drug-likeness (QED) is 0.185. The predicted molar refractivity (Wildman–Crippen MR) is 207 cm³/mol. The fourth-order valence-corrected chi connectivity index (χ4v) is 8.14. The Morgan fingerprint density at radius 1 is 0.440 bits per heavy atom. The number of pyridine rings is 1. The Hall–Kier alpha value is -6.43. The van der Waals surface area contributed by atoms with E-state index < -0.39 is 0 Å². The van der Waals surface area contributed by atoms with Gasteiger partial charge < -0.3 is 4.42 Å². The molecule has 0 saturated carbocycles. The van der Waals surface area contributed by atoms with Gasteiger partial charge in [-0.25, -0.2) is 9.97 Å². The number of hydrogen-bond donors (Lipinski definition) is 0. The van der Waals surface area contributed by atoms with Gasteiger partial charge in [0.15, 0.2) is 5.82 Å². The first-order valence-electron chi connectivity index (χ1n) is 16.6. The van der Waals surface area contributed by atoms with E-state index in [0.717, 1.165) is 72.4 Å². The highest BCUT2D eigenvalue weighted by Crippen LogP contribution is 2.44.